The Bertz CT molecular complexity index is 339. The standard InChI is InChI=1S/C14H20O/c1-10(2)14(12(4)15)9-13-7-5-6-11(3)8-13/h5-8,10,14H,9H2,1-4H3. The summed E-state index contributed by atoms with van der Waals surface area (Å²) in [5.41, 5.74) is 2.53. The van der Waals surface area contributed by atoms with Gasteiger partial charge < -0.3 is 0 Å². The summed E-state index contributed by atoms with van der Waals surface area (Å²) < 4.78 is 0. The normalized spacial score (nSPS) is 12.9. The van der Waals surface area contributed by atoms with E-state index in [0.29, 0.717) is 11.7 Å². The van der Waals surface area contributed by atoms with Crippen molar-refractivity contribution in [3.63, 3.8) is 0 Å². The Hall–Kier alpha value is -1.11. The van der Waals surface area contributed by atoms with Crippen LogP contribution in [0.3, 0.4) is 0 Å². The van der Waals surface area contributed by atoms with Gasteiger partial charge in [-0.25, -0.2) is 0 Å². The summed E-state index contributed by atoms with van der Waals surface area (Å²) in [6.45, 7) is 8.01. The first-order chi connectivity index (χ1) is 7.00. The highest BCUT2D eigenvalue weighted by Crippen LogP contribution is 2.18. The topological polar surface area (TPSA) is 17.1 Å². The minimum absolute atomic E-state index is 0.159. The van der Waals surface area contributed by atoms with Gasteiger partial charge in [0, 0.05) is 5.92 Å². The number of ketones is 1. The Kier molecular flexibility index (Phi) is 4.07. The highest BCUT2D eigenvalue weighted by atomic mass is 16.1. The zero-order valence-electron chi connectivity index (χ0n) is 10.1. The van der Waals surface area contributed by atoms with Gasteiger partial charge in [0.25, 0.3) is 0 Å². The monoisotopic (exact) mass is 204 g/mol. The molecule has 1 atom stereocenters. The lowest BCUT2D eigenvalue weighted by Gasteiger charge is -2.17. The lowest BCUT2D eigenvalue weighted by molar-refractivity contribution is -0.121. The van der Waals surface area contributed by atoms with E-state index in [4.69, 9.17) is 0 Å². The lowest BCUT2D eigenvalue weighted by Crippen LogP contribution is -2.20. The van der Waals surface area contributed by atoms with E-state index in [1.807, 2.05) is 0 Å². The Morgan fingerprint density at radius 3 is 2.47 bits per heavy atom. The van der Waals surface area contributed by atoms with Gasteiger partial charge in [0.2, 0.25) is 0 Å². The maximum atomic E-state index is 11.5. The molecule has 0 aliphatic heterocycles. The molecule has 0 bridgehead atoms. The van der Waals surface area contributed by atoms with E-state index in [2.05, 4.69) is 45.0 Å². The molecule has 0 fully saturated rings. The van der Waals surface area contributed by atoms with E-state index in [9.17, 15) is 4.79 Å². The first-order valence-corrected chi connectivity index (χ1v) is 5.56. The molecule has 0 aliphatic rings. The quantitative estimate of drug-likeness (QED) is 0.734. The van der Waals surface area contributed by atoms with E-state index in [1.54, 1.807) is 6.92 Å². The first kappa shape index (κ1) is 12.0. The Morgan fingerprint density at radius 1 is 1.33 bits per heavy atom. The zero-order chi connectivity index (χ0) is 11.4. The van der Waals surface area contributed by atoms with Gasteiger partial charge in [-0.3, -0.25) is 4.79 Å². The predicted molar refractivity (Wildman–Crippen MR) is 63.9 cm³/mol. The summed E-state index contributed by atoms with van der Waals surface area (Å²) in [6.07, 6.45) is 0.870. The second kappa shape index (κ2) is 5.11. The Labute approximate surface area is 92.5 Å². The SMILES string of the molecule is CC(=O)C(Cc1cccc(C)c1)C(C)C. The predicted octanol–water partition coefficient (Wildman–Crippen LogP) is 3.40. The van der Waals surface area contributed by atoms with E-state index in [1.165, 1.54) is 11.1 Å². The lowest BCUT2D eigenvalue weighted by atomic mass is 9.86. The van der Waals surface area contributed by atoms with Crippen LogP contribution in [0.5, 0.6) is 0 Å². The zero-order valence-corrected chi connectivity index (χ0v) is 10.1. The average Bonchev–Trinajstić information content (AvgIpc) is 2.13. The highest BCUT2D eigenvalue weighted by Gasteiger charge is 2.18. The number of Topliss-reactive ketones (excluding diaryl/α,β-unsaturated/α-hetero) is 1. The molecule has 1 nitrogen and oxygen atoms in total. The molecule has 15 heavy (non-hydrogen) atoms. The fraction of sp³-hybridized carbons (Fsp3) is 0.500. The van der Waals surface area contributed by atoms with Crippen LogP contribution < -0.4 is 0 Å². The number of benzene rings is 1. The molecule has 1 unspecified atom stereocenters. The molecule has 1 aromatic carbocycles. The van der Waals surface area contributed by atoms with E-state index in [-0.39, 0.29) is 5.92 Å². The highest BCUT2D eigenvalue weighted by molar-refractivity contribution is 5.78. The maximum absolute atomic E-state index is 11.5. The molecule has 0 amide bonds. The molecule has 0 saturated heterocycles. The summed E-state index contributed by atoms with van der Waals surface area (Å²) in [5.74, 6) is 0.876. The minimum atomic E-state index is 0.159. The second-order valence-corrected chi connectivity index (χ2v) is 4.65. The van der Waals surface area contributed by atoms with Crippen LogP contribution in [-0.4, -0.2) is 5.78 Å². The number of rotatable bonds is 4. The molecule has 0 heterocycles. The number of hydrogen-bond donors (Lipinski definition) is 0. The van der Waals surface area contributed by atoms with Crippen LogP contribution >= 0.6 is 0 Å². The van der Waals surface area contributed by atoms with Gasteiger partial charge in [-0.2, -0.15) is 0 Å². The summed E-state index contributed by atoms with van der Waals surface area (Å²) in [7, 11) is 0. The van der Waals surface area contributed by atoms with Crippen LogP contribution in [0, 0.1) is 18.8 Å². The fourth-order valence-electron chi connectivity index (χ4n) is 1.94. The molecule has 1 heteroatoms. The van der Waals surface area contributed by atoms with Gasteiger partial charge in [0.05, 0.1) is 0 Å². The van der Waals surface area contributed by atoms with Crippen molar-refractivity contribution in [2.24, 2.45) is 11.8 Å². The van der Waals surface area contributed by atoms with Crippen molar-refractivity contribution < 1.29 is 4.79 Å². The van der Waals surface area contributed by atoms with Gasteiger partial charge >= 0.3 is 0 Å². The summed E-state index contributed by atoms with van der Waals surface area (Å²) in [4.78, 5) is 11.5. The van der Waals surface area contributed by atoms with Crippen molar-refractivity contribution in [1.82, 2.24) is 0 Å². The summed E-state index contributed by atoms with van der Waals surface area (Å²) in [5, 5.41) is 0. The van der Waals surface area contributed by atoms with Gasteiger partial charge in [0.1, 0.15) is 5.78 Å². The molecule has 0 aromatic heterocycles. The molecule has 0 saturated carbocycles. The average molecular weight is 204 g/mol. The van der Waals surface area contributed by atoms with Crippen molar-refractivity contribution >= 4 is 5.78 Å². The van der Waals surface area contributed by atoms with Gasteiger partial charge in [0.15, 0.2) is 0 Å². The minimum Gasteiger partial charge on any atom is -0.300 e. The Balaban J connectivity index is 2.79. The van der Waals surface area contributed by atoms with Crippen LogP contribution in [0.15, 0.2) is 24.3 Å². The van der Waals surface area contributed by atoms with Gasteiger partial charge in [-0.05, 0) is 31.7 Å². The fourth-order valence-corrected chi connectivity index (χ4v) is 1.94. The van der Waals surface area contributed by atoms with Crippen LogP contribution in [0.1, 0.15) is 31.9 Å². The molecule has 0 N–H and O–H groups in total. The first-order valence-electron chi connectivity index (χ1n) is 5.56. The third-order valence-electron chi connectivity index (χ3n) is 2.87. The third-order valence-corrected chi connectivity index (χ3v) is 2.87. The van der Waals surface area contributed by atoms with E-state index >= 15 is 0 Å². The molecule has 1 rings (SSSR count). The number of aryl methyl sites for hydroxylation is 1. The van der Waals surface area contributed by atoms with Crippen molar-refractivity contribution in [3.05, 3.63) is 35.4 Å². The number of hydrogen-bond acceptors (Lipinski definition) is 1. The molecule has 0 aliphatic carbocycles. The largest absolute Gasteiger partial charge is 0.300 e. The third kappa shape index (κ3) is 3.50. The van der Waals surface area contributed by atoms with Crippen LogP contribution in [-0.2, 0) is 11.2 Å². The number of carbonyl (C=O) groups is 1. The smallest absolute Gasteiger partial charge is 0.133 e. The molecule has 1 aromatic rings. The van der Waals surface area contributed by atoms with Crippen molar-refractivity contribution in [2.75, 3.05) is 0 Å². The van der Waals surface area contributed by atoms with E-state index in [0.717, 1.165) is 6.42 Å². The second-order valence-electron chi connectivity index (χ2n) is 4.65. The van der Waals surface area contributed by atoms with Gasteiger partial charge in [-0.1, -0.05) is 43.7 Å². The number of carbonyl (C=O) groups excluding carboxylic acids is 1. The molecular formula is C14H20O. The maximum Gasteiger partial charge on any atom is 0.133 e. The van der Waals surface area contributed by atoms with Crippen LogP contribution in [0.25, 0.3) is 0 Å². The summed E-state index contributed by atoms with van der Waals surface area (Å²) >= 11 is 0. The summed E-state index contributed by atoms with van der Waals surface area (Å²) in [6, 6.07) is 8.41. The molecule has 0 spiro atoms. The molecule has 0 radical (unpaired) electrons. The van der Waals surface area contributed by atoms with E-state index < -0.39 is 0 Å². The van der Waals surface area contributed by atoms with Crippen molar-refractivity contribution in [2.45, 2.75) is 34.1 Å². The van der Waals surface area contributed by atoms with Gasteiger partial charge in [-0.15, -0.1) is 0 Å². The Morgan fingerprint density at radius 2 is 2.00 bits per heavy atom. The van der Waals surface area contributed by atoms with Crippen molar-refractivity contribution in [3.8, 4) is 0 Å². The van der Waals surface area contributed by atoms with Crippen LogP contribution in [0.2, 0.25) is 0 Å². The molecular weight excluding hydrogens is 184 g/mol. The van der Waals surface area contributed by atoms with Crippen LogP contribution in [0.4, 0.5) is 0 Å². The molecule has 82 valence electrons. The van der Waals surface area contributed by atoms with Crippen molar-refractivity contribution in [1.29, 1.82) is 0 Å².